The van der Waals surface area contributed by atoms with Crippen LogP contribution in [-0.4, -0.2) is 54.7 Å². The number of carbonyl (C=O) groups excluding carboxylic acids is 1. The van der Waals surface area contributed by atoms with Gasteiger partial charge < -0.3 is 4.90 Å². The van der Waals surface area contributed by atoms with Crippen molar-refractivity contribution >= 4 is 43.6 Å². The van der Waals surface area contributed by atoms with Crippen molar-refractivity contribution in [2.45, 2.75) is 11.3 Å². The summed E-state index contributed by atoms with van der Waals surface area (Å²) in [5.41, 5.74) is 0.894. The number of sulfonamides is 1. The second-order valence-electron chi connectivity index (χ2n) is 6.89. The first-order chi connectivity index (χ1) is 14.4. The second-order valence-corrected chi connectivity index (χ2v) is 9.89. The summed E-state index contributed by atoms with van der Waals surface area (Å²) < 4.78 is 41.1. The van der Waals surface area contributed by atoms with Crippen molar-refractivity contribution in [3.63, 3.8) is 0 Å². The Morgan fingerprint density at radius 2 is 1.80 bits per heavy atom. The number of halogens is 1. The van der Waals surface area contributed by atoms with Gasteiger partial charge in [0.2, 0.25) is 15.9 Å². The number of para-hydroxylation sites is 1. The van der Waals surface area contributed by atoms with Crippen LogP contribution < -0.4 is 0 Å². The SMILES string of the molecule is O=C(/C=C/c1nc2ccccc2s1)N1CCCN(S(=O)(=O)c2ccc(F)cc2)CC1. The summed E-state index contributed by atoms with van der Waals surface area (Å²) in [6, 6.07) is 12.6. The highest BCUT2D eigenvalue weighted by Crippen LogP contribution is 2.23. The van der Waals surface area contributed by atoms with Crippen LogP contribution in [0.4, 0.5) is 4.39 Å². The molecule has 1 amide bonds. The van der Waals surface area contributed by atoms with Crippen molar-refractivity contribution in [2.24, 2.45) is 0 Å². The van der Waals surface area contributed by atoms with Crippen molar-refractivity contribution in [3.05, 3.63) is 65.4 Å². The predicted molar refractivity (Wildman–Crippen MR) is 115 cm³/mol. The molecule has 4 rings (SSSR count). The summed E-state index contributed by atoms with van der Waals surface area (Å²) in [5, 5.41) is 0.750. The lowest BCUT2D eigenvalue weighted by atomic mass is 10.3. The Labute approximate surface area is 178 Å². The zero-order valence-corrected chi connectivity index (χ0v) is 17.7. The monoisotopic (exact) mass is 445 g/mol. The van der Waals surface area contributed by atoms with Crippen LogP contribution in [0.1, 0.15) is 11.4 Å². The van der Waals surface area contributed by atoms with Crippen molar-refractivity contribution in [2.75, 3.05) is 26.2 Å². The average Bonchev–Trinajstić information content (AvgIpc) is 2.98. The molecule has 30 heavy (non-hydrogen) atoms. The van der Waals surface area contributed by atoms with E-state index in [1.54, 1.807) is 11.0 Å². The molecule has 0 spiro atoms. The maximum absolute atomic E-state index is 13.1. The molecule has 3 aromatic rings. The van der Waals surface area contributed by atoms with Crippen LogP contribution in [-0.2, 0) is 14.8 Å². The van der Waals surface area contributed by atoms with Gasteiger partial charge in [-0.15, -0.1) is 11.3 Å². The van der Waals surface area contributed by atoms with Crippen molar-refractivity contribution in [3.8, 4) is 0 Å². The Morgan fingerprint density at radius 1 is 1.03 bits per heavy atom. The molecule has 1 aliphatic heterocycles. The summed E-state index contributed by atoms with van der Waals surface area (Å²) in [6.45, 7) is 1.27. The zero-order chi connectivity index (χ0) is 21.1. The number of fused-ring (bicyclic) bond motifs is 1. The topological polar surface area (TPSA) is 70.6 Å². The van der Waals surface area contributed by atoms with Gasteiger partial charge in [0.05, 0.1) is 15.1 Å². The van der Waals surface area contributed by atoms with E-state index < -0.39 is 15.8 Å². The lowest BCUT2D eigenvalue weighted by Gasteiger charge is -2.21. The van der Waals surface area contributed by atoms with Crippen LogP contribution in [0.25, 0.3) is 16.3 Å². The number of amides is 1. The lowest BCUT2D eigenvalue weighted by Crippen LogP contribution is -2.36. The molecule has 0 saturated carbocycles. The fourth-order valence-corrected chi connectivity index (χ4v) is 5.66. The molecule has 0 radical (unpaired) electrons. The van der Waals surface area contributed by atoms with E-state index in [2.05, 4.69) is 4.98 Å². The van der Waals surface area contributed by atoms with E-state index in [4.69, 9.17) is 0 Å². The fourth-order valence-electron chi connectivity index (χ4n) is 3.32. The van der Waals surface area contributed by atoms with Gasteiger partial charge >= 0.3 is 0 Å². The number of carbonyl (C=O) groups is 1. The molecule has 0 atom stereocenters. The summed E-state index contributed by atoms with van der Waals surface area (Å²) in [4.78, 5) is 18.8. The first-order valence-corrected chi connectivity index (χ1v) is 11.8. The van der Waals surface area contributed by atoms with Gasteiger partial charge in [0.15, 0.2) is 0 Å². The molecule has 1 aliphatic rings. The van der Waals surface area contributed by atoms with E-state index in [9.17, 15) is 17.6 Å². The van der Waals surface area contributed by atoms with Gasteiger partial charge in [-0.05, 0) is 48.9 Å². The van der Waals surface area contributed by atoms with E-state index in [0.717, 1.165) is 27.4 Å². The molecule has 1 aromatic heterocycles. The average molecular weight is 446 g/mol. The number of hydrogen-bond donors (Lipinski definition) is 0. The Bertz CT molecular complexity index is 1160. The number of thiazole rings is 1. The quantitative estimate of drug-likeness (QED) is 0.578. The maximum Gasteiger partial charge on any atom is 0.246 e. The number of nitrogens with zero attached hydrogens (tertiary/aromatic N) is 3. The Hall–Kier alpha value is -2.62. The molecule has 0 N–H and O–H groups in total. The third-order valence-corrected chi connectivity index (χ3v) is 7.81. The van der Waals surface area contributed by atoms with E-state index >= 15 is 0 Å². The van der Waals surface area contributed by atoms with Gasteiger partial charge in [-0.3, -0.25) is 4.79 Å². The van der Waals surface area contributed by atoms with Gasteiger partial charge in [-0.2, -0.15) is 4.31 Å². The van der Waals surface area contributed by atoms with Gasteiger partial charge in [0.1, 0.15) is 10.8 Å². The maximum atomic E-state index is 13.1. The van der Waals surface area contributed by atoms with Crippen molar-refractivity contribution in [1.82, 2.24) is 14.2 Å². The smallest absolute Gasteiger partial charge is 0.246 e. The molecular weight excluding hydrogens is 425 g/mol. The molecule has 0 unspecified atom stereocenters. The summed E-state index contributed by atoms with van der Waals surface area (Å²) in [7, 11) is -3.72. The van der Waals surface area contributed by atoms with Gasteiger partial charge in [-0.25, -0.2) is 17.8 Å². The third kappa shape index (κ3) is 4.43. The van der Waals surface area contributed by atoms with E-state index in [-0.39, 0.29) is 17.3 Å². The van der Waals surface area contributed by atoms with Crippen LogP contribution in [0.15, 0.2) is 59.5 Å². The number of aromatic nitrogens is 1. The van der Waals surface area contributed by atoms with Gasteiger partial charge in [0, 0.05) is 32.3 Å². The van der Waals surface area contributed by atoms with Gasteiger partial charge in [0.25, 0.3) is 0 Å². The normalized spacial score (nSPS) is 16.2. The van der Waals surface area contributed by atoms with E-state index in [0.29, 0.717) is 26.1 Å². The van der Waals surface area contributed by atoms with Crippen LogP contribution in [0, 0.1) is 5.82 Å². The van der Waals surface area contributed by atoms with Crippen LogP contribution in [0.3, 0.4) is 0 Å². The van der Waals surface area contributed by atoms with Gasteiger partial charge in [-0.1, -0.05) is 12.1 Å². The Kier molecular flexibility index (Phi) is 5.94. The van der Waals surface area contributed by atoms with Crippen LogP contribution in [0.2, 0.25) is 0 Å². The number of rotatable bonds is 4. The minimum Gasteiger partial charge on any atom is -0.338 e. The highest BCUT2D eigenvalue weighted by atomic mass is 32.2. The molecule has 6 nitrogen and oxygen atoms in total. The second kappa shape index (κ2) is 8.63. The lowest BCUT2D eigenvalue weighted by molar-refractivity contribution is -0.125. The summed E-state index contributed by atoms with van der Waals surface area (Å²) >= 11 is 1.51. The standard InChI is InChI=1S/C21H20FN3O3S2/c22-16-6-8-17(9-7-16)30(27,28)25-13-3-12-24(14-15-25)21(26)11-10-20-23-18-4-1-2-5-19(18)29-20/h1-2,4-11H,3,12-15H2/b11-10+. The largest absolute Gasteiger partial charge is 0.338 e. The first kappa shape index (κ1) is 20.6. The summed E-state index contributed by atoms with van der Waals surface area (Å²) in [5.74, 6) is -0.656. The van der Waals surface area contributed by atoms with E-state index in [1.807, 2.05) is 24.3 Å². The summed E-state index contributed by atoms with van der Waals surface area (Å²) in [6.07, 6.45) is 3.72. The van der Waals surface area contributed by atoms with Crippen LogP contribution in [0.5, 0.6) is 0 Å². The van der Waals surface area contributed by atoms with Crippen molar-refractivity contribution < 1.29 is 17.6 Å². The van der Waals surface area contributed by atoms with Crippen molar-refractivity contribution in [1.29, 1.82) is 0 Å². The molecule has 2 heterocycles. The van der Waals surface area contributed by atoms with E-state index in [1.165, 1.54) is 33.9 Å². The number of hydrogen-bond acceptors (Lipinski definition) is 5. The molecule has 9 heteroatoms. The number of benzene rings is 2. The third-order valence-electron chi connectivity index (χ3n) is 4.90. The highest BCUT2D eigenvalue weighted by molar-refractivity contribution is 7.89. The highest BCUT2D eigenvalue weighted by Gasteiger charge is 2.27. The molecule has 2 aromatic carbocycles. The first-order valence-electron chi connectivity index (χ1n) is 9.52. The predicted octanol–water partition coefficient (Wildman–Crippen LogP) is 3.37. The molecular formula is C21H20FN3O3S2. The fraction of sp³-hybridized carbons (Fsp3) is 0.238. The Balaban J connectivity index is 1.42. The zero-order valence-electron chi connectivity index (χ0n) is 16.1. The molecule has 0 aliphatic carbocycles. The minimum atomic E-state index is -3.72. The Morgan fingerprint density at radius 3 is 2.57 bits per heavy atom. The van der Waals surface area contributed by atoms with Crippen LogP contribution >= 0.6 is 11.3 Å². The molecule has 1 saturated heterocycles. The molecule has 0 bridgehead atoms. The molecule has 156 valence electrons. The minimum absolute atomic E-state index is 0.0550. The molecule has 1 fully saturated rings.